The van der Waals surface area contributed by atoms with E-state index >= 15 is 0 Å². The van der Waals surface area contributed by atoms with Crippen LogP contribution in [0.5, 0.6) is 0 Å². The molecule has 0 saturated heterocycles. The zero-order chi connectivity index (χ0) is 13.1. The third-order valence-electron chi connectivity index (χ3n) is 2.85. The van der Waals surface area contributed by atoms with E-state index in [1.54, 1.807) is 16.2 Å². The molecule has 0 N–H and O–H groups in total. The van der Waals surface area contributed by atoms with Crippen LogP contribution in [-0.4, -0.2) is 29.8 Å². The molecule has 1 amide bonds. The summed E-state index contributed by atoms with van der Waals surface area (Å²) < 4.78 is 1.15. The summed E-state index contributed by atoms with van der Waals surface area (Å²) in [5, 5.41) is 1.23. The van der Waals surface area contributed by atoms with Gasteiger partial charge < -0.3 is 4.90 Å². The Morgan fingerprint density at radius 3 is 2.83 bits per heavy atom. The first-order valence-electron chi connectivity index (χ1n) is 5.96. The fourth-order valence-corrected chi connectivity index (χ4v) is 2.90. The number of carbonyl (C=O) groups is 1. The van der Waals surface area contributed by atoms with E-state index in [2.05, 4.69) is 0 Å². The van der Waals surface area contributed by atoms with Crippen molar-refractivity contribution < 1.29 is 4.79 Å². The number of hydrogen-bond acceptors (Lipinski definition) is 2. The van der Waals surface area contributed by atoms with E-state index in [1.165, 1.54) is 0 Å². The minimum atomic E-state index is 0.0773. The van der Waals surface area contributed by atoms with Crippen LogP contribution < -0.4 is 0 Å². The van der Waals surface area contributed by atoms with Crippen LogP contribution in [0.3, 0.4) is 0 Å². The molecule has 0 saturated carbocycles. The minimum absolute atomic E-state index is 0.0773. The maximum absolute atomic E-state index is 12.2. The first-order valence-corrected chi connectivity index (χ1v) is 7.21. The van der Waals surface area contributed by atoms with Gasteiger partial charge in [0.2, 0.25) is 0 Å². The van der Waals surface area contributed by atoms with Gasteiger partial charge in [-0.25, -0.2) is 0 Å². The van der Waals surface area contributed by atoms with E-state index in [4.69, 9.17) is 11.6 Å². The Labute approximate surface area is 116 Å². The summed E-state index contributed by atoms with van der Waals surface area (Å²) in [7, 11) is 1.83. The quantitative estimate of drug-likeness (QED) is 0.776. The monoisotopic (exact) mass is 281 g/mol. The highest BCUT2D eigenvalue weighted by molar-refractivity contribution is 7.20. The lowest BCUT2D eigenvalue weighted by molar-refractivity contribution is 0.0798. The summed E-state index contributed by atoms with van der Waals surface area (Å²) >= 11 is 7.45. The molecule has 1 heterocycles. The number of alkyl halides is 1. The maximum atomic E-state index is 12.2. The van der Waals surface area contributed by atoms with Crippen LogP contribution >= 0.6 is 22.9 Å². The molecular formula is C14H16ClNOS. The molecule has 1 aromatic heterocycles. The zero-order valence-corrected chi connectivity index (χ0v) is 12.1. The Bertz CT molecular complexity index is 516. The fraction of sp³-hybridized carbons (Fsp3) is 0.357. The maximum Gasteiger partial charge on any atom is 0.263 e. The van der Waals surface area contributed by atoms with E-state index in [0.717, 1.165) is 21.4 Å². The van der Waals surface area contributed by atoms with Crippen LogP contribution in [0.1, 0.15) is 23.0 Å². The Morgan fingerprint density at radius 1 is 1.44 bits per heavy atom. The summed E-state index contributed by atoms with van der Waals surface area (Å²) in [4.78, 5) is 14.8. The van der Waals surface area contributed by atoms with Gasteiger partial charge >= 0.3 is 0 Å². The summed E-state index contributed by atoms with van der Waals surface area (Å²) in [5.41, 5.74) is 0. The molecule has 0 aliphatic heterocycles. The van der Waals surface area contributed by atoms with Crippen molar-refractivity contribution in [1.82, 2.24) is 4.90 Å². The van der Waals surface area contributed by atoms with Crippen LogP contribution in [0.2, 0.25) is 0 Å². The van der Waals surface area contributed by atoms with E-state index in [9.17, 15) is 4.79 Å². The number of amides is 1. The summed E-state index contributed by atoms with van der Waals surface area (Å²) in [5.74, 6) is 0.0773. The number of fused-ring (bicyclic) bond motifs is 1. The Morgan fingerprint density at radius 2 is 2.17 bits per heavy atom. The van der Waals surface area contributed by atoms with E-state index < -0.39 is 0 Å². The first-order chi connectivity index (χ1) is 8.58. The van der Waals surface area contributed by atoms with Crippen LogP contribution in [0, 0.1) is 0 Å². The predicted molar refractivity (Wildman–Crippen MR) is 78.7 cm³/mol. The molecule has 2 nitrogen and oxygen atoms in total. The second kappa shape index (κ2) is 5.72. The Balaban J connectivity index is 2.12. The third kappa shape index (κ3) is 3.03. The van der Waals surface area contributed by atoms with Crippen molar-refractivity contribution in [3.05, 3.63) is 35.2 Å². The topological polar surface area (TPSA) is 20.3 Å². The number of halogens is 1. The second-order valence-corrected chi connectivity index (χ2v) is 6.27. The van der Waals surface area contributed by atoms with Gasteiger partial charge in [0.15, 0.2) is 0 Å². The molecule has 1 aromatic carbocycles. The minimum Gasteiger partial charge on any atom is -0.341 e. The van der Waals surface area contributed by atoms with Gasteiger partial charge in [0.25, 0.3) is 5.91 Å². The van der Waals surface area contributed by atoms with Crippen molar-refractivity contribution >= 4 is 38.9 Å². The van der Waals surface area contributed by atoms with Gasteiger partial charge in [-0.1, -0.05) is 18.2 Å². The van der Waals surface area contributed by atoms with Gasteiger partial charge in [-0.2, -0.15) is 0 Å². The molecule has 96 valence electrons. The number of thiophene rings is 1. The highest BCUT2D eigenvalue weighted by Crippen LogP contribution is 2.26. The highest BCUT2D eigenvalue weighted by atomic mass is 35.5. The first kappa shape index (κ1) is 13.4. The molecule has 0 aliphatic rings. The molecular weight excluding hydrogens is 266 g/mol. The smallest absolute Gasteiger partial charge is 0.263 e. The van der Waals surface area contributed by atoms with Crippen molar-refractivity contribution in [2.75, 3.05) is 13.6 Å². The van der Waals surface area contributed by atoms with Crippen molar-refractivity contribution in [2.45, 2.75) is 18.7 Å². The normalized spacial score (nSPS) is 12.6. The lowest BCUT2D eigenvalue weighted by atomic mass is 10.2. The van der Waals surface area contributed by atoms with E-state index in [-0.39, 0.29) is 11.3 Å². The van der Waals surface area contributed by atoms with Gasteiger partial charge in [0.05, 0.1) is 4.88 Å². The third-order valence-corrected chi connectivity index (χ3v) is 4.17. The molecule has 0 fully saturated rings. The summed E-state index contributed by atoms with van der Waals surface area (Å²) in [6.07, 6.45) is 0.814. The molecule has 0 spiro atoms. The van der Waals surface area contributed by atoms with Gasteiger partial charge in [0.1, 0.15) is 0 Å². The van der Waals surface area contributed by atoms with E-state index in [1.807, 2.05) is 44.3 Å². The van der Waals surface area contributed by atoms with Gasteiger partial charge in [-0.15, -0.1) is 22.9 Å². The van der Waals surface area contributed by atoms with Crippen molar-refractivity contribution in [3.63, 3.8) is 0 Å². The SMILES string of the molecule is CC(Cl)CCN(C)C(=O)c1cc2ccccc2s1. The van der Waals surface area contributed by atoms with Crippen molar-refractivity contribution in [2.24, 2.45) is 0 Å². The van der Waals surface area contributed by atoms with Crippen LogP contribution in [0.25, 0.3) is 10.1 Å². The summed E-state index contributed by atoms with van der Waals surface area (Å²) in [6.45, 7) is 2.64. The molecule has 0 radical (unpaired) electrons. The zero-order valence-electron chi connectivity index (χ0n) is 10.5. The highest BCUT2D eigenvalue weighted by Gasteiger charge is 2.14. The largest absolute Gasteiger partial charge is 0.341 e. The van der Waals surface area contributed by atoms with Crippen LogP contribution in [0.15, 0.2) is 30.3 Å². The second-order valence-electron chi connectivity index (χ2n) is 4.44. The van der Waals surface area contributed by atoms with E-state index in [0.29, 0.717) is 6.54 Å². The number of nitrogens with zero attached hydrogens (tertiary/aromatic N) is 1. The average molecular weight is 282 g/mol. The number of carbonyl (C=O) groups excluding carboxylic acids is 1. The average Bonchev–Trinajstić information content (AvgIpc) is 2.78. The van der Waals surface area contributed by atoms with Crippen molar-refractivity contribution in [3.8, 4) is 0 Å². The van der Waals surface area contributed by atoms with Crippen LogP contribution in [-0.2, 0) is 0 Å². The lowest BCUT2D eigenvalue weighted by Crippen LogP contribution is -2.28. The van der Waals surface area contributed by atoms with Gasteiger partial charge in [-0.3, -0.25) is 4.79 Å². The standard InChI is InChI=1S/C14H16ClNOS/c1-10(15)7-8-16(2)14(17)13-9-11-5-3-4-6-12(11)18-13/h3-6,9-10H,7-8H2,1-2H3. The lowest BCUT2D eigenvalue weighted by Gasteiger charge is -2.16. The van der Waals surface area contributed by atoms with Gasteiger partial charge in [-0.05, 0) is 30.9 Å². The number of benzene rings is 1. The Kier molecular flexibility index (Phi) is 4.25. The summed E-state index contributed by atoms with van der Waals surface area (Å²) in [6, 6.07) is 10.0. The molecule has 2 rings (SSSR count). The molecule has 1 atom stereocenters. The van der Waals surface area contributed by atoms with Gasteiger partial charge in [0, 0.05) is 23.7 Å². The number of rotatable bonds is 4. The molecule has 4 heteroatoms. The van der Waals surface area contributed by atoms with Crippen LogP contribution in [0.4, 0.5) is 0 Å². The molecule has 18 heavy (non-hydrogen) atoms. The Hall–Kier alpha value is -1.06. The van der Waals surface area contributed by atoms with Crippen molar-refractivity contribution in [1.29, 1.82) is 0 Å². The number of hydrogen-bond donors (Lipinski definition) is 0. The molecule has 2 aromatic rings. The molecule has 0 bridgehead atoms. The molecule has 0 aliphatic carbocycles. The predicted octanol–water partition coefficient (Wildman–Crippen LogP) is 3.99. The molecule has 1 unspecified atom stereocenters. The fourth-order valence-electron chi connectivity index (χ4n) is 1.75.